The standard InChI is InChI=1S/C17H26O4/c1-17(2,3)21-16(20)15(9-10-18)14(12-19)11-13-7-5-4-6-8-13/h4-8,14-15,18-19H,9-12H2,1-3H3/t14-,15-/m0/s1. The number of esters is 1. The average Bonchev–Trinajstić information content (AvgIpc) is 2.41. The predicted molar refractivity (Wildman–Crippen MR) is 81.8 cm³/mol. The van der Waals surface area contributed by atoms with Crippen LogP contribution in [0, 0.1) is 11.8 Å². The molecule has 0 aliphatic rings. The fourth-order valence-corrected chi connectivity index (χ4v) is 2.31. The Kier molecular flexibility index (Phi) is 6.85. The maximum atomic E-state index is 12.3. The molecule has 4 heteroatoms. The Bertz CT molecular complexity index is 422. The third-order valence-corrected chi connectivity index (χ3v) is 3.29. The van der Waals surface area contributed by atoms with Gasteiger partial charge in [0.1, 0.15) is 5.60 Å². The van der Waals surface area contributed by atoms with Crippen LogP contribution in [0.1, 0.15) is 32.8 Å². The molecule has 0 heterocycles. The van der Waals surface area contributed by atoms with Crippen LogP contribution in [0.4, 0.5) is 0 Å². The molecule has 1 aromatic carbocycles. The summed E-state index contributed by atoms with van der Waals surface area (Å²) in [6, 6.07) is 9.72. The molecule has 0 saturated heterocycles. The van der Waals surface area contributed by atoms with Crippen LogP contribution in [-0.2, 0) is 16.0 Å². The lowest BCUT2D eigenvalue weighted by Crippen LogP contribution is -2.35. The fourth-order valence-electron chi connectivity index (χ4n) is 2.31. The molecule has 0 radical (unpaired) electrons. The molecule has 0 spiro atoms. The zero-order valence-electron chi connectivity index (χ0n) is 13.1. The minimum Gasteiger partial charge on any atom is -0.460 e. The van der Waals surface area contributed by atoms with Crippen molar-refractivity contribution in [1.29, 1.82) is 0 Å². The van der Waals surface area contributed by atoms with Gasteiger partial charge in [0.2, 0.25) is 0 Å². The first kappa shape index (κ1) is 17.7. The lowest BCUT2D eigenvalue weighted by Gasteiger charge is -2.28. The van der Waals surface area contributed by atoms with E-state index in [2.05, 4.69) is 0 Å². The molecule has 0 unspecified atom stereocenters. The van der Waals surface area contributed by atoms with Crippen LogP contribution in [0.25, 0.3) is 0 Å². The Labute approximate surface area is 126 Å². The highest BCUT2D eigenvalue weighted by atomic mass is 16.6. The number of benzene rings is 1. The summed E-state index contributed by atoms with van der Waals surface area (Å²) in [6.45, 7) is 5.22. The SMILES string of the molecule is CC(C)(C)OC(=O)[C@@H](CCO)[C@H](CO)Cc1ccccc1. The Hall–Kier alpha value is -1.39. The van der Waals surface area contributed by atoms with Gasteiger partial charge in [0.25, 0.3) is 0 Å². The topological polar surface area (TPSA) is 66.8 Å². The third-order valence-electron chi connectivity index (χ3n) is 3.29. The van der Waals surface area contributed by atoms with Gasteiger partial charge in [-0.3, -0.25) is 4.79 Å². The molecule has 118 valence electrons. The molecule has 21 heavy (non-hydrogen) atoms. The second-order valence-electron chi connectivity index (χ2n) is 6.28. The number of carbonyl (C=O) groups is 1. The van der Waals surface area contributed by atoms with Crippen LogP contribution in [0.2, 0.25) is 0 Å². The van der Waals surface area contributed by atoms with Gasteiger partial charge in [-0.25, -0.2) is 0 Å². The van der Waals surface area contributed by atoms with Gasteiger partial charge < -0.3 is 14.9 Å². The number of rotatable bonds is 7. The third kappa shape index (κ3) is 6.27. The maximum Gasteiger partial charge on any atom is 0.309 e. The van der Waals surface area contributed by atoms with Gasteiger partial charge in [0, 0.05) is 13.2 Å². The number of hydrogen-bond donors (Lipinski definition) is 2. The monoisotopic (exact) mass is 294 g/mol. The van der Waals surface area contributed by atoms with Crippen molar-refractivity contribution in [3.05, 3.63) is 35.9 Å². The van der Waals surface area contributed by atoms with Crippen molar-refractivity contribution in [1.82, 2.24) is 0 Å². The van der Waals surface area contributed by atoms with E-state index in [0.29, 0.717) is 12.8 Å². The second kappa shape index (κ2) is 8.15. The van der Waals surface area contributed by atoms with Crippen LogP contribution < -0.4 is 0 Å². The predicted octanol–water partition coefficient (Wildman–Crippen LogP) is 2.18. The zero-order valence-corrected chi connectivity index (χ0v) is 13.1. The van der Waals surface area contributed by atoms with Gasteiger partial charge in [-0.2, -0.15) is 0 Å². The highest BCUT2D eigenvalue weighted by Gasteiger charge is 2.31. The van der Waals surface area contributed by atoms with Gasteiger partial charge in [-0.05, 0) is 45.1 Å². The molecular formula is C17H26O4. The number of hydrogen-bond acceptors (Lipinski definition) is 4. The van der Waals surface area contributed by atoms with Crippen LogP contribution in [0.3, 0.4) is 0 Å². The molecule has 2 atom stereocenters. The normalized spacial score (nSPS) is 14.5. The summed E-state index contributed by atoms with van der Waals surface area (Å²) in [6.07, 6.45) is 0.883. The summed E-state index contributed by atoms with van der Waals surface area (Å²) in [5.41, 5.74) is 0.486. The maximum absolute atomic E-state index is 12.3. The summed E-state index contributed by atoms with van der Waals surface area (Å²) in [5.74, 6) is -1.11. The number of aliphatic hydroxyl groups excluding tert-OH is 2. The molecule has 0 aliphatic carbocycles. The Morgan fingerprint density at radius 2 is 1.81 bits per heavy atom. The van der Waals surface area contributed by atoms with Crippen molar-refractivity contribution in [2.45, 2.75) is 39.2 Å². The van der Waals surface area contributed by atoms with Gasteiger partial charge in [-0.1, -0.05) is 30.3 Å². The summed E-state index contributed by atoms with van der Waals surface area (Å²) >= 11 is 0. The zero-order chi connectivity index (χ0) is 15.9. The Balaban J connectivity index is 2.82. The van der Waals surface area contributed by atoms with E-state index in [1.807, 2.05) is 51.1 Å². The van der Waals surface area contributed by atoms with E-state index >= 15 is 0 Å². The van der Waals surface area contributed by atoms with E-state index < -0.39 is 11.5 Å². The van der Waals surface area contributed by atoms with Crippen LogP contribution in [0.15, 0.2) is 30.3 Å². The first-order valence-corrected chi connectivity index (χ1v) is 7.36. The van der Waals surface area contributed by atoms with Crippen molar-refractivity contribution in [3.63, 3.8) is 0 Å². The molecular weight excluding hydrogens is 268 g/mol. The molecule has 0 amide bonds. The van der Waals surface area contributed by atoms with E-state index in [-0.39, 0.29) is 25.1 Å². The molecule has 0 fully saturated rings. The van der Waals surface area contributed by atoms with Gasteiger partial charge >= 0.3 is 5.97 Å². The van der Waals surface area contributed by atoms with Crippen LogP contribution >= 0.6 is 0 Å². The van der Waals surface area contributed by atoms with E-state index in [0.717, 1.165) is 5.56 Å². The minimum absolute atomic E-state index is 0.102. The summed E-state index contributed by atoms with van der Waals surface area (Å²) in [5, 5.41) is 18.8. The lowest BCUT2D eigenvalue weighted by atomic mass is 9.85. The second-order valence-corrected chi connectivity index (χ2v) is 6.28. The largest absolute Gasteiger partial charge is 0.460 e. The number of carbonyl (C=O) groups excluding carboxylic acids is 1. The van der Waals surface area contributed by atoms with Gasteiger partial charge in [0.15, 0.2) is 0 Å². The average molecular weight is 294 g/mol. The number of ether oxygens (including phenoxy) is 1. The van der Waals surface area contributed by atoms with Gasteiger partial charge in [0.05, 0.1) is 5.92 Å². The minimum atomic E-state index is -0.572. The molecule has 1 aromatic rings. The molecule has 0 bridgehead atoms. The Morgan fingerprint density at radius 1 is 1.19 bits per heavy atom. The van der Waals surface area contributed by atoms with Crippen LogP contribution in [-0.4, -0.2) is 35.0 Å². The highest BCUT2D eigenvalue weighted by Crippen LogP contribution is 2.24. The van der Waals surface area contributed by atoms with Crippen molar-refractivity contribution >= 4 is 5.97 Å². The summed E-state index contributed by atoms with van der Waals surface area (Å²) < 4.78 is 5.41. The van der Waals surface area contributed by atoms with Crippen molar-refractivity contribution < 1.29 is 19.7 Å². The first-order valence-electron chi connectivity index (χ1n) is 7.36. The quantitative estimate of drug-likeness (QED) is 0.756. The molecule has 1 rings (SSSR count). The summed E-state index contributed by atoms with van der Waals surface area (Å²) in [4.78, 5) is 12.3. The van der Waals surface area contributed by atoms with E-state index in [4.69, 9.17) is 4.74 Å². The van der Waals surface area contributed by atoms with Crippen molar-refractivity contribution in [2.75, 3.05) is 13.2 Å². The highest BCUT2D eigenvalue weighted by molar-refractivity contribution is 5.73. The van der Waals surface area contributed by atoms with Crippen LogP contribution in [0.5, 0.6) is 0 Å². The number of aliphatic hydroxyl groups is 2. The fraction of sp³-hybridized carbons (Fsp3) is 0.588. The lowest BCUT2D eigenvalue weighted by molar-refractivity contribution is -0.163. The smallest absolute Gasteiger partial charge is 0.309 e. The molecule has 0 aromatic heterocycles. The van der Waals surface area contributed by atoms with Crippen molar-refractivity contribution in [2.24, 2.45) is 11.8 Å². The molecule has 4 nitrogen and oxygen atoms in total. The molecule has 0 saturated carbocycles. The molecule has 0 aliphatic heterocycles. The molecule has 2 N–H and O–H groups in total. The summed E-state index contributed by atoms with van der Waals surface area (Å²) in [7, 11) is 0. The Morgan fingerprint density at radius 3 is 2.29 bits per heavy atom. The van der Waals surface area contributed by atoms with E-state index in [1.54, 1.807) is 0 Å². The van der Waals surface area contributed by atoms with Gasteiger partial charge in [-0.15, -0.1) is 0 Å². The van der Waals surface area contributed by atoms with E-state index in [9.17, 15) is 15.0 Å². The van der Waals surface area contributed by atoms with E-state index in [1.165, 1.54) is 0 Å². The van der Waals surface area contributed by atoms with Crippen molar-refractivity contribution in [3.8, 4) is 0 Å². The first-order chi connectivity index (χ1) is 9.87.